The zero-order chi connectivity index (χ0) is 11.5. The molecule has 0 spiro atoms. The van der Waals surface area contributed by atoms with E-state index in [9.17, 15) is 0 Å². The minimum absolute atomic E-state index is 0.417. The number of hydrogen-bond acceptors (Lipinski definition) is 0. The summed E-state index contributed by atoms with van der Waals surface area (Å²) in [6, 6.07) is 11.3. The molecule has 0 saturated heterocycles. The smallest absolute Gasteiger partial charge is 0.0959 e. The quantitative estimate of drug-likeness (QED) is 0.765. The molecule has 1 heteroatoms. The van der Waals surface area contributed by atoms with Crippen LogP contribution in [0.5, 0.6) is 0 Å². The Kier molecular flexibility index (Phi) is 1.87. The summed E-state index contributed by atoms with van der Waals surface area (Å²) in [5, 5.41) is 0. The molecular formula is C16H22N+. The third kappa shape index (κ3) is 1.41. The van der Waals surface area contributed by atoms with Crippen molar-refractivity contribution in [2.75, 3.05) is 0 Å². The van der Waals surface area contributed by atoms with Crippen molar-refractivity contribution >= 4 is 0 Å². The Morgan fingerprint density at radius 1 is 0.941 bits per heavy atom. The van der Waals surface area contributed by atoms with Crippen molar-refractivity contribution < 1.29 is 5.73 Å². The van der Waals surface area contributed by atoms with Gasteiger partial charge in [-0.1, -0.05) is 30.3 Å². The molecule has 4 aliphatic rings. The Balaban J connectivity index is 1.79. The van der Waals surface area contributed by atoms with Gasteiger partial charge in [-0.05, 0) is 36.7 Å². The van der Waals surface area contributed by atoms with Crippen LogP contribution in [-0.2, 0) is 5.41 Å². The first-order chi connectivity index (χ1) is 8.18. The van der Waals surface area contributed by atoms with Gasteiger partial charge in [0.25, 0.3) is 0 Å². The third-order valence-electron chi connectivity index (χ3n) is 5.57. The molecule has 17 heavy (non-hydrogen) atoms. The van der Waals surface area contributed by atoms with Crippen molar-refractivity contribution in [1.29, 1.82) is 0 Å². The van der Waals surface area contributed by atoms with E-state index < -0.39 is 0 Å². The van der Waals surface area contributed by atoms with Crippen molar-refractivity contribution in [1.82, 2.24) is 0 Å². The average molecular weight is 228 g/mol. The molecule has 1 aromatic carbocycles. The number of rotatable bonds is 1. The first-order valence-corrected chi connectivity index (χ1v) is 7.09. The molecule has 0 aromatic heterocycles. The summed E-state index contributed by atoms with van der Waals surface area (Å²) in [6.07, 6.45) is 8.51. The molecule has 4 bridgehead atoms. The molecule has 2 atom stereocenters. The lowest BCUT2D eigenvalue weighted by Gasteiger charge is -2.59. The van der Waals surface area contributed by atoms with E-state index in [4.69, 9.17) is 0 Å². The standard InChI is InChI=1S/C16H21N/c17-16-9-12-6-13(10-16)8-15(7-12,11-16)14-4-2-1-3-5-14/h1-5,12-13H,6-11,17H2/p+1. The molecule has 4 aliphatic carbocycles. The zero-order valence-electron chi connectivity index (χ0n) is 10.5. The highest BCUT2D eigenvalue weighted by Gasteiger charge is 2.58. The minimum Gasteiger partial charge on any atom is -0.353 e. The Morgan fingerprint density at radius 2 is 1.59 bits per heavy atom. The largest absolute Gasteiger partial charge is 0.353 e. The normalized spacial score (nSPS) is 47.4. The SMILES string of the molecule is [NH3+]C12CC3CC(C1)CC(c1ccccc1)(C3)C2. The van der Waals surface area contributed by atoms with E-state index in [1.165, 1.54) is 38.5 Å². The minimum atomic E-state index is 0.417. The second-order valence-corrected chi connectivity index (χ2v) is 7.11. The molecule has 4 saturated carbocycles. The Hall–Kier alpha value is -0.820. The summed E-state index contributed by atoms with van der Waals surface area (Å²) in [5.74, 6) is 1.93. The van der Waals surface area contributed by atoms with Crippen molar-refractivity contribution in [3.63, 3.8) is 0 Å². The van der Waals surface area contributed by atoms with Gasteiger partial charge < -0.3 is 5.73 Å². The van der Waals surface area contributed by atoms with Gasteiger partial charge in [0.1, 0.15) is 0 Å². The summed E-state index contributed by atoms with van der Waals surface area (Å²) >= 11 is 0. The first kappa shape index (κ1) is 10.1. The fourth-order valence-electron chi connectivity index (χ4n) is 5.58. The second-order valence-electron chi connectivity index (χ2n) is 7.11. The molecule has 5 rings (SSSR count). The summed E-state index contributed by atoms with van der Waals surface area (Å²) in [7, 11) is 0. The molecule has 90 valence electrons. The summed E-state index contributed by atoms with van der Waals surface area (Å²) in [5.41, 5.74) is 7.11. The van der Waals surface area contributed by atoms with Crippen LogP contribution in [0.4, 0.5) is 0 Å². The van der Waals surface area contributed by atoms with Crippen LogP contribution in [0.1, 0.15) is 44.1 Å². The Labute approximate surface area is 103 Å². The van der Waals surface area contributed by atoms with E-state index >= 15 is 0 Å². The number of benzene rings is 1. The van der Waals surface area contributed by atoms with E-state index in [-0.39, 0.29) is 0 Å². The van der Waals surface area contributed by atoms with E-state index in [2.05, 4.69) is 36.1 Å². The lowest BCUT2D eigenvalue weighted by atomic mass is 9.45. The third-order valence-corrected chi connectivity index (χ3v) is 5.57. The van der Waals surface area contributed by atoms with Gasteiger partial charge in [0.05, 0.1) is 5.54 Å². The van der Waals surface area contributed by atoms with Crippen molar-refractivity contribution in [2.45, 2.75) is 49.5 Å². The fourth-order valence-corrected chi connectivity index (χ4v) is 5.58. The molecule has 0 heterocycles. The lowest BCUT2D eigenvalue weighted by molar-refractivity contribution is -0.506. The predicted molar refractivity (Wildman–Crippen MR) is 68.4 cm³/mol. The lowest BCUT2D eigenvalue weighted by Crippen LogP contribution is -2.79. The molecule has 0 radical (unpaired) electrons. The number of quaternary nitrogens is 1. The predicted octanol–water partition coefficient (Wildman–Crippen LogP) is 2.52. The highest BCUT2D eigenvalue weighted by Crippen LogP contribution is 2.60. The van der Waals surface area contributed by atoms with E-state index in [1.807, 2.05) is 0 Å². The molecule has 2 unspecified atom stereocenters. The summed E-state index contributed by atoms with van der Waals surface area (Å²) in [6.45, 7) is 0. The van der Waals surface area contributed by atoms with Gasteiger partial charge in [-0.2, -0.15) is 0 Å². The summed E-state index contributed by atoms with van der Waals surface area (Å²) < 4.78 is 0. The van der Waals surface area contributed by atoms with Gasteiger partial charge >= 0.3 is 0 Å². The Bertz CT molecular complexity index is 422. The maximum atomic E-state index is 4.60. The highest BCUT2D eigenvalue weighted by molar-refractivity contribution is 5.30. The van der Waals surface area contributed by atoms with E-state index in [1.54, 1.807) is 5.56 Å². The molecule has 1 aromatic rings. The topological polar surface area (TPSA) is 27.6 Å². The van der Waals surface area contributed by atoms with Crippen LogP contribution in [0.2, 0.25) is 0 Å². The second kappa shape index (κ2) is 3.14. The molecule has 0 amide bonds. The van der Waals surface area contributed by atoms with Gasteiger partial charge in [-0.15, -0.1) is 0 Å². The van der Waals surface area contributed by atoms with Crippen molar-refractivity contribution in [2.24, 2.45) is 11.8 Å². The molecular weight excluding hydrogens is 206 g/mol. The van der Waals surface area contributed by atoms with Crippen LogP contribution in [0.25, 0.3) is 0 Å². The summed E-state index contributed by atoms with van der Waals surface area (Å²) in [4.78, 5) is 0. The van der Waals surface area contributed by atoms with Crippen LogP contribution in [0.3, 0.4) is 0 Å². The average Bonchev–Trinajstić information content (AvgIpc) is 2.27. The Morgan fingerprint density at radius 3 is 2.18 bits per heavy atom. The molecule has 1 nitrogen and oxygen atoms in total. The molecule has 3 N–H and O–H groups in total. The van der Waals surface area contributed by atoms with Gasteiger partial charge in [0.15, 0.2) is 0 Å². The zero-order valence-corrected chi connectivity index (χ0v) is 10.5. The van der Waals surface area contributed by atoms with Crippen LogP contribution in [0, 0.1) is 11.8 Å². The fraction of sp³-hybridized carbons (Fsp3) is 0.625. The maximum absolute atomic E-state index is 4.60. The van der Waals surface area contributed by atoms with E-state index in [0.29, 0.717) is 11.0 Å². The van der Waals surface area contributed by atoms with Gasteiger partial charge in [0, 0.05) is 24.7 Å². The highest BCUT2D eigenvalue weighted by atomic mass is 14.8. The van der Waals surface area contributed by atoms with Crippen LogP contribution >= 0.6 is 0 Å². The van der Waals surface area contributed by atoms with Crippen LogP contribution < -0.4 is 5.73 Å². The van der Waals surface area contributed by atoms with Crippen LogP contribution in [0.15, 0.2) is 30.3 Å². The maximum Gasteiger partial charge on any atom is 0.0959 e. The van der Waals surface area contributed by atoms with Gasteiger partial charge in [-0.25, -0.2) is 0 Å². The van der Waals surface area contributed by atoms with Gasteiger partial charge in [0.2, 0.25) is 0 Å². The van der Waals surface area contributed by atoms with Crippen molar-refractivity contribution in [3.8, 4) is 0 Å². The van der Waals surface area contributed by atoms with Crippen molar-refractivity contribution in [3.05, 3.63) is 35.9 Å². The molecule has 4 fully saturated rings. The van der Waals surface area contributed by atoms with Gasteiger partial charge in [-0.3, -0.25) is 0 Å². The number of hydrogen-bond donors (Lipinski definition) is 1. The molecule has 0 aliphatic heterocycles. The van der Waals surface area contributed by atoms with E-state index in [0.717, 1.165) is 11.8 Å². The van der Waals surface area contributed by atoms with Crippen LogP contribution in [-0.4, -0.2) is 5.54 Å². The first-order valence-electron chi connectivity index (χ1n) is 7.09. The monoisotopic (exact) mass is 228 g/mol.